The molecule has 0 fully saturated rings. The third-order valence-corrected chi connectivity index (χ3v) is 10.9. The molecule has 0 aromatic carbocycles. The minimum atomic E-state index is -1.83. The first-order valence-corrected chi connectivity index (χ1v) is 11.2. The number of hydrogen-bond donors (Lipinski definition) is 0. The zero-order chi connectivity index (χ0) is 18.2. The van der Waals surface area contributed by atoms with Crippen LogP contribution in [-0.4, -0.2) is 27.0 Å². The Morgan fingerprint density at radius 2 is 1.43 bits per heavy atom. The zero-order valence-corrected chi connectivity index (χ0v) is 17.7. The maximum absolute atomic E-state index is 11.4. The van der Waals surface area contributed by atoms with Crippen LogP contribution in [0.2, 0.25) is 16.6 Å². The monoisotopic (exact) mass is 342 g/mol. The van der Waals surface area contributed by atoms with Gasteiger partial charge in [-0.1, -0.05) is 54.5 Å². The molecule has 0 N–H and O–H groups in total. The van der Waals surface area contributed by atoms with Crippen LogP contribution < -0.4 is 0 Å². The third kappa shape index (κ3) is 6.80. The average molecular weight is 343 g/mol. The Bertz CT molecular complexity index is 353. The largest absolute Gasteiger partial charge is 0.463 e. The summed E-state index contributed by atoms with van der Waals surface area (Å²) in [5.74, 6) is 0.0378. The number of ether oxygens (including phenoxy) is 1. The van der Waals surface area contributed by atoms with Gasteiger partial charge >= 0.3 is 5.97 Å². The van der Waals surface area contributed by atoms with Gasteiger partial charge in [0.05, 0.1) is 6.61 Å². The van der Waals surface area contributed by atoms with E-state index in [0.29, 0.717) is 29.1 Å². The van der Waals surface area contributed by atoms with E-state index in [9.17, 15) is 4.79 Å². The van der Waals surface area contributed by atoms with Crippen molar-refractivity contribution in [1.29, 1.82) is 0 Å². The van der Waals surface area contributed by atoms with Crippen LogP contribution in [0.15, 0.2) is 12.2 Å². The quantitative estimate of drug-likeness (QED) is 0.290. The van der Waals surface area contributed by atoms with Crippen molar-refractivity contribution in [3.8, 4) is 0 Å². The number of carbonyl (C=O) groups is 1. The van der Waals surface area contributed by atoms with Crippen LogP contribution in [0.3, 0.4) is 0 Å². The van der Waals surface area contributed by atoms with Crippen LogP contribution in [0.5, 0.6) is 0 Å². The topological polar surface area (TPSA) is 35.5 Å². The molecule has 0 aliphatic rings. The van der Waals surface area contributed by atoms with Gasteiger partial charge in [0, 0.05) is 12.2 Å². The number of rotatable bonds is 10. The first-order valence-electron chi connectivity index (χ1n) is 9.10. The molecule has 0 amide bonds. The lowest BCUT2D eigenvalue weighted by atomic mass is 10.0. The van der Waals surface area contributed by atoms with E-state index in [1.165, 1.54) is 0 Å². The molecule has 0 bridgehead atoms. The lowest BCUT2D eigenvalue weighted by Crippen LogP contribution is -2.49. The predicted octanol–water partition coefficient (Wildman–Crippen LogP) is 5.71. The summed E-state index contributed by atoms with van der Waals surface area (Å²) in [6.45, 7) is 20.4. The summed E-state index contributed by atoms with van der Waals surface area (Å²) in [4.78, 5) is 11.4. The first-order chi connectivity index (χ1) is 10.6. The Morgan fingerprint density at radius 3 is 1.83 bits per heavy atom. The van der Waals surface area contributed by atoms with E-state index in [-0.39, 0.29) is 12.1 Å². The van der Waals surface area contributed by atoms with Crippen molar-refractivity contribution >= 4 is 14.3 Å². The van der Waals surface area contributed by atoms with Gasteiger partial charge in [-0.2, -0.15) is 0 Å². The Morgan fingerprint density at radius 1 is 0.957 bits per heavy atom. The standard InChI is InChI=1S/C19H38O3Si/c1-10-21-19(20)12-11-17(8)13-18(9)22-23(14(2)3,15(4)5)16(6)7/h11-12,14-18H,10,13H2,1-9H3/b12-11+/t17-,18-/m0/s1. The highest BCUT2D eigenvalue weighted by molar-refractivity contribution is 6.77. The maximum atomic E-state index is 11.4. The molecule has 2 atom stereocenters. The van der Waals surface area contributed by atoms with Gasteiger partial charge in [0.25, 0.3) is 0 Å². The first kappa shape index (κ1) is 22.4. The highest BCUT2D eigenvalue weighted by atomic mass is 28.4. The summed E-state index contributed by atoms with van der Waals surface area (Å²) in [6.07, 6.45) is 4.60. The van der Waals surface area contributed by atoms with Crippen LogP contribution in [0.25, 0.3) is 0 Å². The molecule has 0 heterocycles. The molecular weight excluding hydrogens is 304 g/mol. The average Bonchev–Trinajstić information content (AvgIpc) is 2.41. The molecule has 0 saturated heterocycles. The fourth-order valence-electron chi connectivity index (χ4n) is 3.84. The van der Waals surface area contributed by atoms with Crippen molar-refractivity contribution in [1.82, 2.24) is 0 Å². The van der Waals surface area contributed by atoms with E-state index in [1.54, 1.807) is 6.08 Å². The smallest absolute Gasteiger partial charge is 0.330 e. The van der Waals surface area contributed by atoms with Gasteiger partial charge in [-0.25, -0.2) is 4.79 Å². The third-order valence-electron chi connectivity index (χ3n) is 4.66. The van der Waals surface area contributed by atoms with Crippen molar-refractivity contribution in [3.05, 3.63) is 12.2 Å². The summed E-state index contributed by atoms with van der Waals surface area (Å²) < 4.78 is 11.7. The molecule has 0 aliphatic carbocycles. The summed E-state index contributed by atoms with van der Waals surface area (Å²) in [7, 11) is -1.83. The number of hydrogen-bond acceptors (Lipinski definition) is 3. The molecule has 0 radical (unpaired) electrons. The van der Waals surface area contributed by atoms with Crippen LogP contribution >= 0.6 is 0 Å². The van der Waals surface area contributed by atoms with Crippen LogP contribution in [0, 0.1) is 5.92 Å². The number of esters is 1. The van der Waals surface area contributed by atoms with Gasteiger partial charge < -0.3 is 9.16 Å². The minimum absolute atomic E-state index is 0.204. The van der Waals surface area contributed by atoms with E-state index in [1.807, 2.05) is 13.0 Å². The van der Waals surface area contributed by atoms with Crippen molar-refractivity contribution in [3.63, 3.8) is 0 Å². The molecule has 0 aromatic rings. The van der Waals surface area contributed by atoms with E-state index >= 15 is 0 Å². The summed E-state index contributed by atoms with van der Waals surface area (Å²) >= 11 is 0. The van der Waals surface area contributed by atoms with Gasteiger partial charge in [0.15, 0.2) is 0 Å². The predicted molar refractivity (Wildman–Crippen MR) is 101 cm³/mol. The van der Waals surface area contributed by atoms with Crippen LogP contribution in [0.4, 0.5) is 0 Å². The van der Waals surface area contributed by atoms with E-state index in [0.717, 1.165) is 6.42 Å². The van der Waals surface area contributed by atoms with E-state index in [2.05, 4.69) is 55.4 Å². The molecule has 0 aliphatic heterocycles. The molecule has 0 spiro atoms. The Kier molecular flexibility index (Phi) is 10.0. The number of allylic oxidation sites excluding steroid dienone is 1. The minimum Gasteiger partial charge on any atom is -0.463 e. The second-order valence-corrected chi connectivity index (χ2v) is 13.0. The lowest BCUT2D eigenvalue weighted by Gasteiger charge is -2.44. The maximum Gasteiger partial charge on any atom is 0.330 e. The second kappa shape index (κ2) is 10.3. The molecule has 136 valence electrons. The van der Waals surface area contributed by atoms with Gasteiger partial charge in [0.1, 0.15) is 0 Å². The van der Waals surface area contributed by atoms with Gasteiger partial charge in [-0.15, -0.1) is 0 Å². The molecule has 0 aromatic heterocycles. The number of carbonyl (C=O) groups excluding carboxylic acids is 1. The lowest BCUT2D eigenvalue weighted by molar-refractivity contribution is -0.137. The zero-order valence-electron chi connectivity index (χ0n) is 16.7. The molecule has 3 nitrogen and oxygen atoms in total. The molecule has 0 saturated carbocycles. The Hall–Kier alpha value is -0.613. The Balaban J connectivity index is 4.83. The van der Waals surface area contributed by atoms with Crippen molar-refractivity contribution in [2.75, 3.05) is 6.61 Å². The molecule has 4 heteroatoms. The second-order valence-electron chi connectivity index (χ2n) is 7.57. The molecule has 0 rings (SSSR count). The summed E-state index contributed by atoms with van der Waals surface area (Å²) in [6, 6.07) is 0. The Labute approximate surface area is 145 Å². The van der Waals surface area contributed by atoms with Crippen LogP contribution in [-0.2, 0) is 14.0 Å². The van der Waals surface area contributed by atoms with Crippen molar-refractivity contribution in [2.24, 2.45) is 5.92 Å². The van der Waals surface area contributed by atoms with Crippen molar-refractivity contribution < 1.29 is 14.0 Å². The summed E-state index contributed by atoms with van der Waals surface area (Å²) in [5.41, 5.74) is 1.78. The van der Waals surface area contributed by atoms with Crippen LogP contribution in [0.1, 0.15) is 68.7 Å². The van der Waals surface area contributed by atoms with E-state index < -0.39 is 8.32 Å². The highest BCUT2D eigenvalue weighted by Gasteiger charge is 2.46. The fraction of sp³-hybridized carbons (Fsp3) is 0.842. The van der Waals surface area contributed by atoms with Gasteiger partial charge in [-0.05, 0) is 42.8 Å². The molecule has 0 unspecified atom stereocenters. The normalized spacial score (nSPS) is 15.7. The highest BCUT2D eigenvalue weighted by Crippen LogP contribution is 2.43. The fourth-order valence-corrected chi connectivity index (χ4v) is 9.45. The van der Waals surface area contributed by atoms with Gasteiger partial charge in [0.2, 0.25) is 8.32 Å². The summed E-state index contributed by atoms with van der Waals surface area (Å²) in [5, 5.41) is 0. The van der Waals surface area contributed by atoms with Gasteiger partial charge in [-0.3, -0.25) is 0 Å². The SMILES string of the molecule is CCOC(=O)/C=C/[C@H](C)C[C@H](C)O[Si](C(C)C)(C(C)C)C(C)C. The molecular formula is C19H38O3Si. The van der Waals surface area contributed by atoms with E-state index in [4.69, 9.17) is 9.16 Å². The van der Waals surface area contributed by atoms with Crippen molar-refractivity contribution in [2.45, 2.75) is 91.5 Å². The molecule has 23 heavy (non-hydrogen) atoms.